The molecule has 1 aromatic carbocycles. The summed E-state index contributed by atoms with van der Waals surface area (Å²) in [5.74, 6) is -0.282. The maximum atomic E-state index is 12.8. The van der Waals surface area contributed by atoms with E-state index in [1.807, 2.05) is 29.2 Å². The summed E-state index contributed by atoms with van der Waals surface area (Å²) in [6.45, 7) is 7.86. The molecule has 0 aromatic heterocycles. The summed E-state index contributed by atoms with van der Waals surface area (Å²) in [7, 11) is 0. The SMILES string of the molecule is CCCCN/N=C/c1ccc(C2=NOC(C(=O)N3CCN(CC(=O)OCC)CC3)C2)cc1. The number of carbonyl (C=O) groups excluding carboxylic acids is 2. The van der Waals surface area contributed by atoms with Crippen LogP contribution in [0.25, 0.3) is 0 Å². The molecule has 0 aliphatic carbocycles. The minimum atomic E-state index is -0.592. The zero-order valence-corrected chi connectivity index (χ0v) is 19.0. The van der Waals surface area contributed by atoms with Gasteiger partial charge in [0.05, 0.1) is 25.1 Å². The fourth-order valence-corrected chi connectivity index (χ4v) is 3.60. The molecule has 1 N–H and O–H groups in total. The van der Waals surface area contributed by atoms with Crippen LogP contribution in [-0.2, 0) is 19.2 Å². The number of ether oxygens (including phenoxy) is 1. The second kappa shape index (κ2) is 12.2. The van der Waals surface area contributed by atoms with Gasteiger partial charge < -0.3 is 19.9 Å². The van der Waals surface area contributed by atoms with Gasteiger partial charge in [0.15, 0.2) is 0 Å². The molecule has 1 fully saturated rings. The Morgan fingerprint density at radius 3 is 2.66 bits per heavy atom. The smallest absolute Gasteiger partial charge is 0.320 e. The lowest BCUT2D eigenvalue weighted by atomic mass is 10.0. The first kappa shape index (κ1) is 23.7. The predicted octanol–water partition coefficient (Wildman–Crippen LogP) is 1.61. The molecule has 1 amide bonds. The first-order chi connectivity index (χ1) is 15.6. The highest BCUT2D eigenvalue weighted by Gasteiger charge is 2.34. The number of nitrogens with one attached hydrogen (secondary N) is 1. The fourth-order valence-electron chi connectivity index (χ4n) is 3.60. The van der Waals surface area contributed by atoms with E-state index < -0.39 is 6.10 Å². The van der Waals surface area contributed by atoms with Gasteiger partial charge in [-0.1, -0.05) is 42.8 Å². The maximum Gasteiger partial charge on any atom is 0.320 e. The first-order valence-electron chi connectivity index (χ1n) is 11.4. The third-order valence-corrected chi connectivity index (χ3v) is 5.48. The number of unbranched alkanes of at least 4 members (excludes halogenated alkanes) is 1. The van der Waals surface area contributed by atoms with Gasteiger partial charge in [0.2, 0.25) is 6.10 Å². The van der Waals surface area contributed by atoms with Crippen LogP contribution in [0.5, 0.6) is 0 Å². The van der Waals surface area contributed by atoms with E-state index in [1.165, 1.54) is 0 Å². The molecule has 0 spiro atoms. The van der Waals surface area contributed by atoms with E-state index in [0.29, 0.717) is 39.2 Å². The van der Waals surface area contributed by atoms with Gasteiger partial charge in [0.1, 0.15) is 0 Å². The molecule has 1 unspecified atom stereocenters. The maximum absolute atomic E-state index is 12.8. The Morgan fingerprint density at radius 2 is 1.97 bits per heavy atom. The molecule has 2 aliphatic rings. The van der Waals surface area contributed by atoms with E-state index in [0.717, 1.165) is 36.2 Å². The monoisotopic (exact) mass is 443 g/mol. The number of piperazine rings is 1. The van der Waals surface area contributed by atoms with Crippen molar-refractivity contribution >= 4 is 23.8 Å². The van der Waals surface area contributed by atoms with Gasteiger partial charge in [0.25, 0.3) is 5.91 Å². The van der Waals surface area contributed by atoms with Crippen molar-refractivity contribution in [2.24, 2.45) is 10.3 Å². The van der Waals surface area contributed by atoms with E-state index in [1.54, 1.807) is 18.0 Å². The summed E-state index contributed by atoms with van der Waals surface area (Å²) in [6.07, 6.45) is 3.88. The largest absolute Gasteiger partial charge is 0.465 e. The minimum Gasteiger partial charge on any atom is -0.465 e. The lowest BCUT2D eigenvalue weighted by Crippen LogP contribution is -2.52. The Hall–Kier alpha value is -2.94. The summed E-state index contributed by atoms with van der Waals surface area (Å²) in [5.41, 5.74) is 5.73. The number of hydrazone groups is 1. The van der Waals surface area contributed by atoms with Gasteiger partial charge >= 0.3 is 5.97 Å². The normalized spacial score (nSPS) is 19.0. The van der Waals surface area contributed by atoms with Crippen molar-refractivity contribution in [3.63, 3.8) is 0 Å². The Kier molecular flexibility index (Phi) is 9.03. The van der Waals surface area contributed by atoms with Gasteiger partial charge in [-0.2, -0.15) is 5.10 Å². The number of hydrogen-bond donors (Lipinski definition) is 1. The van der Waals surface area contributed by atoms with E-state index in [4.69, 9.17) is 9.57 Å². The van der Waals surface area contributed by atoms with Crippen LogP contribution in [0.4, 0.5) is 0 Å². The average molecular weight is 444 g/mol. The van der Waals surface area contributed by atoms with Crippen LogP contribution >= 0.6 is 0 Å². The number of amides is 1. The molecule has 9 nitrogen and oxygen atoms in total. The highest BCUT2D eigenvalue weighted by molar-refractivity contribution is 6.04. The van der Waals surface area contributed by atoms with Gasteiger partial charge in [-0.15, -0.1) is 0 Å². The quantitative estimate of drug-likeness (QED) is 0.255. The molecule has 0 radical (unpaired) electrons. The predicted molar refractivity (Wildman–Crippen MR) is 123 cm³/mol. The zero-order chi connectivity index (χ0) is 22.8. The lowest BCUT2D eigenvalue weighted by molar-refractivity contribution is -0.146. The van der Waals surface area contributed by atoms with Crippen molar-refractivity contribution in [1.82, 2.24) is 15.2 Å². The number of carbonyl (C=O) groups is 2. The van der Waals surface area contributed by atoms with Crippen LogP contribution in [0.2, 0.25) is 0 Å². The van der Waals surface area contributed by atoms with Crippen LogP contribution in [-0.4, -0.2) is 85.6 Å². The molecule has 0 bridgehead atoms. The van der Waals surface area contributed by atoms with Gasteiger partial charge in [-0.05, 0) is 24.5 Å². The van der Waals surface area contributed by atoms with Crippen LogP contribution < -0.4 is 5.43 Å². The van der Waals surface area contributed by atoms with Crippen LogP contribution in [0.1, 0.15) is 44.2 Å². The number of nitrogens with zero attached hydrogens (tertiary/aromatic N) is 4. The Bertz CT molecular complexity index is 816. The van der Waals surface area contributed by atoms with Gasteiger partial charge in [-0.3, -0.25) is 14.5 Å². The third kappa shape index (κ3) is 6.78. The summed E-state index contributed by atoms with van der Waals surface area (Å²) in [6, 6.07) is 7.88. The van der Waals surface area contributed by atoms with Crippen LogP contribution in [0.15, 0.2) is 34.5 Å². The number of hydrogen-bond acceptors (Lipinski definition) is 8. The van der Waals surface area contributed by atoms with Crippen molar-refractivity contribution in [3.8, 4) is 0 Å². The number of esters is 1. The second-order valence-electron chi connectivity index (χ2n) is 7.88. The highest BCUT2D eigenvalue weighted by Crippen LogP contribution is 2.19. The lowest BCUT2D eigenvalue weighted by Gasteiger charge is -2.34. The third-order valence-electron chi connectivity index (χ3n) is 5.48. The van der Waals surface area contributed by atoms with Crippen LogP contribution in [0, 0.1) is 0 Å². The van der Waals surface area contributed by atoms with Gasteiger partial charge in [-0.25, -0.2) is 0 Å². The summed E-state index contributed by atoms with van der Waals surface area (Å²) in [4.78, 5) is 33.7. The van der Waals surface area contributed by atoms with E-state index in [2.05, 4.69) is 22.6 Å². The minimum absolute atomic E-state index is 0.0542. The summed E-state index contributed by atoms with van der Waals surface area (Å²) < 4.78 is 4.99. The summed E-state index contributed by atoms with van der Waals surface area (Å²) in [5, 5.41) is 8.37. The molecule has 1 aromatic rings. The average Bonchev–Trinajstić information content (AvgIpc) is 3.30. The van der Waals surface area contributed by atoms with E-state index >= 15 is 0 Å². The summed E-state index contributed by atoms with van der Waals surface area (Å²) >= 11 is 0. The zero-order valence-electron chi connectivity index (χ0n) is 19.0. The fraction of sp³-hybridized carbons (Fsp3) is 0.565. The topological polar surface area (TPSA) is 95.8 Å². The molecular formula is C23H33N5O4. The van der Waals surface area contributed by atoms with E-state index in [-0.39, 0.29) is 18.4 Å². The molecule has 0 saturated carbocycles. The molecule has 2 heterocycles. The molecule has 1 saturated heterocycles. The van der Waals surface area contributed by atoms with Crippen molar-refractivity contribution in [2.45, 2.75) is 39.2 Å². The second-order valence-corrected chi connectivity index (χ2v) is 7.88. The number of oxime groups is 1. The Labute approximate surface area is 189 Å². The molecule has 9 heteroatoms. The number of benzene rings is 1. The molecular weight excluding hydrogens is 410 g/mol. The van der Waals surface area contributed by atoms with Crippen molar-refractivity contribution in [3.05, 3.63) is 35.4 Å². The van der Waals surface area contributed by atoms with E-state index in [9.17, 15) is 9.59 Å². The molecule has 2 aliphatic heterocycles. The van der Waals surface area contributed by atoms with Crippen LogP contribution in [0.3, 0.4) is 0 Å². The molecule has 3 rings (SSSR count). The van der Waals surface area contributed by atoms with Gasteiger partial charge in [0, 0.05) is 39.1 Å². The standard InChI is InChI=1S/C23H33N5O4/c1-3-5-10-24-25-16-18-6-8-19(9-7-18)20-15-21(32-26-20)23(30)28-13-11-27(12-14-28)17-22(29)31-4-2/h6-9,16,21,24H,3-5,10-15,17H2,1-2H3/b25-16+. The Morgan fingerprint density at radius 1 is 1.22 bits per heavy atom. The van der Waals surface area contributed by atoms with Crippen molar-refractivity contribution < 1.29 is 19.2 Å². The molecule has 32 heavy (non-hydrogen) atoms. The Balaban J connectivity index is 1.44. The highest BCUT2D eigenvalue weighted by atomic mass is 16.6. The first-order valence-corrected chi connectivity index (χ1v) is 11.4. The number of rotatable bonds is 10. The molecule has 1 atom stereocenters. The molecule has 174 valence electrons. The van der Waals surface area contributed by atoms with Crippen molar-refractivity contribution in [1.29, 1.82) is 0 Å². The van der Waals surface area contributed by atoms with Crippen molar-refractivity contribution in [2.75, 3.05) is 45.9 Å².